The van der Waals surface area contributed by atoms with Gasteiger partial charge in [0.1, 0.15) is 4.70 Å². The molecule has 2 aliphatic rings. The summed E-state index contributed by atoms with van der Waals surface area (Å²) in [7, 11) is 6.80. The molecule has 0 saturated carbocycles. The maximum absolute atomic E-state index is 10.7. The van der Waals surface area contributed by atoms with Crippen molar-refractivity contribution in [3.63, 3.8) is 0 Å². The third-order valence-electron chi connectivity index (χ3n) is 7.92. The van der Waals surface area contributed by atoms with Gasteiger partial charge in [-0.05, 0) is 60.9 Å². The van der Waals surface area contributed by atoms with E-state index in [1.165, 1.54) is 60.5 Å². The lowest BCUT2D eigenvalue weighted by Crippen LogP contribution is -2.62. The molecular weight excluding hydrogens is 559 g/mol. The average Bonchev–Trinajstić information content (AvgIpc) is 3.40. The van der Waals surface area contributed by atoms with Crippen molar-refractivity contribution in [2.45, 2.75) is 63.3 Å². The average molecular weight is 600 g/mol. The fourth-order valence-corrected chi connectivity index (χ4v) is 9.05. The fraction of sp³-hybridized carbons (Fsp3) is 0.452. The number of hydrogen-bond acceptors (Lipinski definition) is 6. The van der Waals surface area contributed by atoms with Crippen molar-refractivity contribution in [3.8, 4) is 0 Å². The molecule has 6 nitrogen and oxygen atoms in total. The molecule has 2 aromatic carbocycles. The predicted molar refractivity (Wildman–Crippen MR) is 167 cm³/mol. The Hall–Kier alpha value is -1.69. The predicted octanol–water partition coefficient (Wildman–Crippen LogP) is 6.64. The summed E-state index contributed by atoms with van der Waals surface area (Å²) < 4.78 is 10.4. The van der Waals surface area contributed by atoms with Gasteiger partial charge in [0.15, 0.2) is 22.6 Å². The van der Waals surface area contributed by atoms with Crippen LogP contribution in [0.2, 0.25) is 0 Å². The van der Waals surface area contributed by atoms with Gasteiger partial charge >= 0.3 is 0 Å². The number of hydrogen-bond donors (Lipinski definition) is 0. The Morgan fingerprint density at radius 1 is 1.15 bits per heavy atom. The van der Waals surface area contributed by atoms with Crippen LogP contribution in [0.5, 0.6) is 0 Å². The molecule has 0 bridgehead atoms. The Morgan fingerprint density at radius 2 is 1.93 bits per heavy atom. The number of fused-ring (bicyclic) bond motifs is 3. The van der Waals surface area contributed by atoms with Crippen LogP contribution in [0.4, 0.5) is 5.69 Å². The molecule has 1 saturated heterocycles. The van der Waals surface area contributed by atoms with Crippen LogP contribution in [0.1, 0.15) is 48.7 Å². The zero-order chi connectivity index (χ0) is 28.5. The number of nitrogens with zero attached hydrogens (tertiary/aromatic N) is 3. The molecule has 40 heavy (non-hydrogen) atoms. The van der Waals surface area contributed by atoms with Crippen LogP contribution < -0.4 is 14.3 Å². The Labute approximate surface area is 251 Å². The summed E-state index contributed by atoms with van der Waals surface area (Å²) in [5.74, 6) is 0. The van der Waals surface area contributed by atoms with Gasteiger partial charge in [0, 0.05) is 37.1 Å². The molecule has 1 fully saturated rings. The number of aryl methyl sites for hydroxylation is 3. The lowest BCUT2D eigenvalue weighted by Gasteiger charge is -2.48. The Bertz CT molecular complexity index is 1440. The van der Waals surface area contributed by atoms with Crippen LogP contribution in [0.25, 0.3) is 16.3 Å². The van der Waals surface area contributed by atoms with Crippen molar-refractivity contribution >= 4 is 57.1 Å². The molecule has 1 aromatic heterocycles. The highest BCUT2D eigenvalue weighted by atomic mass is 32.2. The topological polar surface area (TPSA) is 45.4 Å². The third-order valence-corrected chi connectivity index (χ3v) is 11.2. The fourth-order valence-electron chi connectivity index (χ4n) is 5.65. The largest absolute Gasteiger partial charge is 0.691 e. The first kappa shape index (κ1) is 29.8. The van der Waals surface area contributed by atoms with Crippen LogP contribution >= 0.6 is 35.1 Å². The second kappa shape index (κ2) is 12.3. The number of thioether (sulfide) groups is 1. The summed E-state index contributed by atoms with van der Waals surface area (Å²) in [5, 5.41) is 17.1. The van der Waals surface area contributed by atoms with Crippen molar-refractivity contribution in [3.05, 3.63) is 69.2 Å². The highest BCUT2D eigenvalue weighted by Crippen LogP contribution is 2.59. The number of benzene rings is 2. The second-order valence-corrected chi connectivity index (χ2v) is 15.0. The van der Waals surface area contributed by atoms with Gasteiger partial charge in [0.25, 0.3) is 5.01 Å². The molecule has 214 valence electrons. The Kier molecular flexibility index (Phi) is 9.14. The monoisotopic (exact) mass is 599 g/mol. The van der Waals surface area contributed by atoms with E-state index in [-0.39, 0.29) is 5.37 Å². The van der Waals surface area contributed by atoms with Gasteiger partial charge in [-0.3, -0.25) is 5.04 Å². The number of rotatable bonds is 11. The van der Waals surface area contributed by atoms with E-state index in [1.54, 1.807) is 0 Å². The second-order valence-electron chi connectivity index (χ2n) is 12.0. The number of thiazole rings is 1. The number of allylic oxidation sites excluding steroid dienone is 2. The summed E-state index contributed by atoms with van der Waals surface area (Å²) in [6.45, 7) is 9.75. The normalized spacial score (nSPS) is 21.9. The Balaban J connectivity index is 1.51. The van der Waals surface area contributed by atoms with Crippen molar-refractivity contribution in [2.24, 2.45) is 0 Å². The van der Waals surface area contributed by atoms with Crippen molar-refractivity contribution in [2.75, 3.05) is 34.2 Å². The van der Waals surface area contributed by atoms with Gasteiger partial charge in [-0.25, -0.2) is 4.48 Å². The van der Waals surface area contributed by atoms with Gasteiger partial charge in [-0.15, -0.1) is 0 Å². The van der Waals surface area contributed by atoms with E-state index < -0.39 is 0 Å². The summed E-state index contributed by atoms with van der Waals surface area (Å²) >= 11 is 4.88. The molecule has 3 heterocycles. The SMILES string of the molecule is CCC(=Cc1sc2ccc(C)cc2[n+]1CCCC[N+](C)(C)C)C=C1Sc2ccc(C)cc2[N+]12CCC2SOO[O-]. The summed E-state index contributed by atoms with van der Waals surface area (Å²) in [5.41, 5.74) is 6.48. The van der Waals surface area contributed by atoms with Crippen molar-refractivity contribution < 1.29 is 23.7 Å². The van der Waals surface area contributed by atoms with E-state index in [0.29, 0.717) is 4.48 Å². The summed E-state index contributed by atoms with van der Waals surface area (Å²) in [4.78, 5) is 1.28. The minimum Gasteiger partial charge on any atom is -0.691 e. The van der Waals surface area contributed by atoms with E-state index in [1.807, 2.05) is 23.1 Å². The van der Waals surface area contributed by atoms with Gasteiger partial charge in [-0.1, -0.05) is 30.4 Å². The van der Waals surface area contributed by atoms with Crippen LogP contribution in [-0.2, 0) is 15.9 Å². The maximum atomic E-state index is 10.7. The minimum atomic E-state index is 0.0901. The molecular formula is C31H41N3O3S3+2. The van der Waals surface area contributed by atoms with Crippen LogP contribution in [0, 0.1) is 13.8 Å². The molecule has 0 aliphatic carbocycles. The standard InChI is InChI=1S/C31H41N3O3S3/c1-7-24(20-29-32(15-8-9-16-33(4,5)6)25-18-22(2)10-12-27(25)38-29)21-31-34(17-14-30(34)40-37-36-35)26-19-23(3)11-13-28(26)39-31/h10-13,18-21,30H,7-9,14-17H2,1-6H3/q+2. The zero-order valence-corrected chi connectivity index (χ0v) is 26.9. The van der Waals surface area contributed by atoms with E-state index in [9.17, 15) is 5.26 Å². The van der Waals surface area contributed by atoms with Crippen LogP contribution in [0.15, 0.2) is 58.0 Å². The molecule has 3 aromatic rings. The van der Waals surface area contributed by atoms with E-state index in [0.717, 1.165) is 48.9 Å². The smallest absolute Gasteiger partial charge is 0.263 e. The molecule has 0 amide bonds. The van der Waals surface area contributed by atoms with Crippen LogP contribution in [0.3, 0.4) is 0 Å². The molecule has 2 aliphatic heterocycles. The van der Waals surface area contributed by atoms with E-state index in [4.69, 9.17) is 4.33 Å². The molecule has 1 spiro atoms. The highest BCUT2D eigenvalue weighted by molar-refractivity contribution is 8.03. The summed E-state index contributed by atoms with van der Waals surface area (Å²) in [6.07, 6.45) is 9.06. The Morgan fingerprint density at radius 3 is 2.62 bits per heavy atom. The van der Waals surface area contributed by atoms with Crippen LogP contribution in [-0.4, -0.2) is 44.1 Å². The molecule has 5 rings (SSSR count). The number of quaternary nitrogens is 2. The highest BCUT2D eigenvalue weighted by Gasteiger charge is 2.57. The van der Waals surface area contributed by atoms with E-state index in [2.05, 4.69) is 100 Å². The molecule has 2 atom stereocenters. The number of unbranched alkanes of at least 4 members (excludes halogenated alkanes) is 1. The van der Waals surface area contributed by atoms with Gasteiger partial charge in [0.05, 0.1) is 57.6 Å². The van der Waals surface area contributed by atoms with Gasteiger partial charge in [-0.2, -0.15) is 8.90 Å². The first-order chi connectivity index (χ1) is 19.1. The van der Waals surface area contributed by atoms with E-state index >= 15 is 0 Å². The minimum absolute atomic E-state index is 0.0901. The number of aromatic nitrogens is 1. The maximum Gasteiger partial charge on any atom is 0.263 e. The zero-order valence-electron chi connectivity index (χ0n) is 24.4. The third kappa shape index (κ3) is 6.08. The lowest BCUT2D eigenvalue weighted by molar-refractivity contribution is -0.870. The molecule has 0 radical (unpaired) electrons. The quantitative estimate of drug-likeness (QED) is 0.0618. The van der Waals surface area contributed by atoms with Crippen molar-refractivity contribution in [1.29, 1.82) is 0 Å². The first-order valence-electron chi connectivity index (χ1n) is 14.1. The van der Waals surface area contributed by atoms with Gasteiger partial charge < -0.3 is 9.74 Å². The molecule has 2 unspecified atom stereocenters. The lowest BCUT2D eigenvalue weighted by atomic mass is 10.0. The molecule has 0 N–H and O–H groups in total. The first-order valence-corrected chi connectivity index (χ1v) is 16.5. The summed E-state index contributed by atoms with van der Waals surface area (Å²) in [6, 6.07) is 13.5. The van der Waals surface area contributed by atoms with Gasteiger partial charge in [0.2, 0.25) is 5.52 Å². The molecule has 9 heteroatoms. The van der Waals surface area contributed by atoms with Crippen molar-refractivity contribution in [1.82, 2.24) is 4.48 Å².